The van der Waals surface area contributed by atoms with Gasteiger partial charge in [-0.05, 0) is 63.0 Å². The van der Waals surface area contributed by atoms with E-state index in [1.165, 1.54) is 22.3 Å². The van der Waals surface area contributed by atoms with Gasteiger partial charge in [0.2, 0.25) is 0 Å². The van der Waals surface area contributed by atoms with Gasteiger partial charge in [-0.1, -0.05) is 0 Å². The Balaban J connectivity index is 1.92. The minimum Gasteiger partial charge on any atom is -0.248 e. The van der Waals surface area contributed by atoms with Gasteiger partial charge in [0.15, 0.2) is 0 Å². The summed E-state index contributed by atoms with van der Waals surface area (Å²) in [6.45, 7) is 0. The van der Waals surface area contributed by atoms with Crippen molar-refractivity contribution < 1.29 is 0 Å². The van der Waals surface area contributed by atoms with Crippen LogP contribution in [0, 0.1) is 0 Å². The summed E-state index contributed by atoms with van der Waals surface area (Å²) in [5.41, 5.74) is 6.95. The molecule has 21 heavy (non-hydrogen) atoms. The Morgan fingerprint density at radius 2 is 1.05 bits per heavy atom. The Hall–Kier alpha value is -1.75. The highest BCUT2D eigenvalue weighted by molar-refractivity contribution is 7.08. The van der Waals surface area contributed by atoms with Crippen LogP contribution in [-0.4, -0.2) is 4.98 Å². The summed E-state index contributed by atoms with van der Waals surface area (Å²) in [6.07, 6.45) is 0. The molecule has 0 fully saturated rings. The minimum atomic E-state index is 1.04. The fraction of sp³-hybridized carbons (Fsp3) is 0. The normalized spacial score (nSPS) is 10.9. The highest BCUT2D eigenvalue weighted by Crippen LogP contribution is 2.32. The van der Waals surface area contributed by atoms with Crippen molar-refractivity contribution in [2.24, 2.45) is 0 Å². The third kappa shape index (κ3) is 2.58. The van der Waals surface area contributed by atoms with Crippen molar-refractivity contribution >= 4 is 34.0 Å². The summed E-state index contributed by atoms with van der Waals surface area (Å²) in [7, 11) is 0. The molecule has 0 spiro atoms. The summed E-state index contributed by atoms with van der Waals surface area (Å²) in [5.74, 6) is 0. The van der Waals surface area contributed by atoms with Crippen molar-refractivity contribution in [2.45, 2.75) is 0 Å². The third-order valence-electron chi connectivity index (χ3n) is 3.31. The lowest BCUT2D eigenvalue weighted by molar-refractivity contribution is 1.33. The maximum Gasteiger partial charge on any atom is 0.0724 e. The lowest BCUT2D eigenvalue weighted by atomic mass is 10.0. The van der Waals surface area contributed by atoms with Gasteiger partial charge in [-0.25, -0.2) is 4.98 Å². The molecule has 4 aromatic rings. The van der Waals surface area contributed by atoms with E-state index in [1.54, 1.807) is 34.0 Å². The SMILES string of the molecule is c1cc(-c2cc(-c3ccsc3)nc(-c3ccsc3)c2)cs1. The standard InChI is InChI=1S/C17H11NS3/c1-4-19-9-12(1)15-7-16(13-2-5-20-10-13)18-17(8-15)14-3-6-21-11-14/h1-11H. The Morgan fingerprint density at radius 1 is 0.571 bits per heavy atom. The predicted molar refractivity (Wildman–Crippen MR) is 94.2 cm³/mol. The molecule has 0 radical (unpaired) electrons. The largest absolute Gasteiger partial charge is 0.248 e. The summed E-state index contributed by atoms with van der Waals surface area (Å²) in [4.78, 5) is 4.84. The fourth-order valence-electron chi connectivity index (χ4n) is 2.24. The average molecular weight is 325 g/mol. The van der Waals surface area contributed by atoms with E-state index in [0.717, 1.165) is 11.4 Å². The van der Waals surface area contributed by atoms with Crippen LogP contribution in [0.25, 0.3) is 33.6 Å². The van der Waals surface area contributed by atoms with Gasteiger partial charge in [0, 0.05) is 21.9 Å². The van der Waals surface area contributed by atoms with Gasteiger partial charge in [0.05, 0.1) is 11.4 Å². The van der Waals surface area contributed by atoms with Crippen LogP contribution in [0.5, 0.6) is 0 Å². The molecule has 102 valence electrons. The molecule has 1 nitrogen and oxygen atoms in total. The van der Waals surface area contributed by atoms with Gasteiger partial charge in [-0.3, -0.25) is 0 Å². The maximum atomic E-state index is 4.84. The second-order valence-corrected chi connectivity index (χ2v) is 7.00. The summed E-state index contributed by atoms with van der Waals surface area (Å²) >= 11 is 5.14. The fourth-order valence-corrected chi connectivity index (χ4v) is 4.21. The van der Waals surface area contributed by atoms with Crippen molar-refractivity contribution in [1.82, 2.24) is 4.98 Å². The van der Waals surface area contributed by atoms with Crippen LogP contribution < -0.4 is 0 Å². The minimum absolute atomic E-state index is 1.04. The van der Waals surface area contributed by atoms with Gasteiger partial charge in [0.1, 0.15) is 0 Å². The molecule has 0 aromatic carbocycles. The molecular weight excluding hydrogens is 314 g/mol. The van der Waals surface area contributed by atoms with Crippen LogP contribution in [0.3, 0.4) is 0 Å². The van der Waals surface area contributed by atoms with E-state index in [-0.39, 0.29) is 0 Å². The van der Waals surface area contributed by atoms with Crippen LogP contribution in [0.4, 0.5) is 0 Å². The van der Waals surface area contributed by atoms with Crippen LogP contribution >= 0.6 is 34.0 Å². The lowest BCUT2D eigenvalue weighted by Crippen LogP contribution is -1.88. The van der Waals surface area contributed by atoms with E-state index in [9.17, 15) is 0 Å². The maximum absolute atomic E-state index is 4.84. The zero-order valence-corrected chi connectivity index (χ0v) is 13.5. The molecule has 0 aliphatic heterocycles. The molecule has 4 heterocycles. The first kappa shape index (κ1) is 13.0. The van der Waals surface area contributed by atoms with E-state index in [4.69, 9.17) is 4.98 Å². The van der Waals surface area contributed by atoms with Crippen molar-refractivity contribution in [3.63, 3.8) is 0 Å². The Kier molecular flexibility index (Phi) is 3.43. The Labute approximate surface area is 135 Å². The lowest BCUT2D eigenvalue weighted by Gasteiger charge is -2.07. The molecule has 0 bridgehead atoms. The van der Waals surface area contributed by atoms with E-state index in [0.29, 0.717) is 0 Å². The Bertz CT molecular complexity index is 701. The molecule has 4 rings (SSSR count). The molecule has 0 unspecified atom stereocenters. The number of thiophene rings is 3. The summed E-state index contributed by atoms with van der Waals surface area (Å²) < 4.78 is 0. The van der Waals surface area contributed by atoms with Gasteiger partial charge in [-0.2, -0.15) is 34.0 Å². The number of aromatic nitrogens is 1. The van der Waals surface area contributed by atoms with Crippen molar-refractivity contribution in [3.8, 4) is 33.6 Å². The second kappa shape index (κ2) is 5.56. The van der Waals surface area contributed by atoms with Crippen molar-refractivity contribution in [2.75, 3.05) is 0 Å². The molecule has 0 N–H and O–H groups in total. The number of hydrogen-bond donors (Lipinski definition) is 0. The van der Waals surface area contributed by atoms with Crippen LogP contribution in [0.2, 0.25) is 0 Å². The first-order chi connectivity index (χ1) is 10.4. The number of rotatable bonds is 3. The summed E-state index contributed by atoms with van der Waals surface area (Å²) in [5, 5.41) is 12.8. The van der Waals surface area contributed by atoms with Crippen molar-refractivity contribution in [3.05, 3.63) is 62.6 Å². The molecular formula is C17H11NS3. The zero-order valence-electron chi connectivity index (χ0n) is 11.0. The molecule has 0 atom stereocenters. The molecule has 0 saturated heterocycles. The average Bonchev–Trinajstić information content (AvgIpc) is 3.29. The molecule has 4 aromatic heterocycles. The molecule has 0 aliphatic carbocycles. The number of pyridine rings is 1. The molecule has 0 saturated carbocycles. The van der Waals surface area contributed by atoms with Gasteiger partial charge < -0.3 is 0 Å². The third-order valence-corrected chi connectivity index (χ3v) is 5.36. The van der Waals surface area contributed by atoms with E-state index < -0.39 is 0 Å². The quantitative estimate of drug-likeness (QED) is 0.433. The second-order valence-electron chi connectivity index (χ2n) is 4.66. The highest BCUT2D eigenvalue weighted by Gasteiger charge is 2.09. The molecule has 0 amide bonds. The number of nitrogens with zero attached hydrogens (tertiary/aromatic N) is 1. The van der Waals surface area contributed by atoms with Crippen LogP contribution in [0.15, 0.2) is 62.6 Å². The molecule has 0 aliphatic rings. The number of hydrogen-bond acceptors (Lipinski definition) is 4. The Morgan fingerprint density at radius 3 is 1.48 bits per heavy atom. The van der Waals surface area contributed by atoms with Crippen LogP contribution in [0.1, 0.15) is 0 Å². The van der Waals surface area contributed by atoms with Gasteiger partial charge in [0.25, 0.3) is 0 Å². The first-order valence-corrected chi connectivity index (χ1v) is 9.33. The van der Waals surface area contributed by atoms with E-state index in [1.807, 2.05) is 0 Å². The van der Waals surface area contributed by atoms with Crippen LogP contribution in [-0.2, 0) is 0 Å². The van der Waals surface area contributed by atoms with Crippen molar-refractivity contribution in [1.29, 1.82) is 0 Å². The smallest absolute Gasteiger partial charge is 0.0724 e. The monoisotopic (exact) mass is 325 g/mol. The molecule has 4 heteroatoms. The van der Waals surface area contributed by atoms with Gasteiger partial charge in [-0.15, -0.1) is 0 Å². The first-order valence-electron chi connectivity index (χ1n) is 6.50. The zero-order chi connectivity index (χ0) is 14.1. The predicted octanol–water partition coefficient (Wildman–Crippen LogP) is 6.27. The van der Waals surface area contributed by atoms with E-state index in [2.05, 4.69) is 62.6 Å². The highest BCUT2D eigenvalue weighted by atomic mass is 32.1. The summed E-state index contributed by atoms with van der Waals surface area (Å²) in [6, 6.07) is 10.8. The van der Waals surface area contributed by atoms with E-state index >= 15 is 0 Å². The van der Waals surface area contributed by atoms with Gasteiger partial charge >= 0.3 is 0 Å². The topological polar surface area (TPSA) is 12.9 Å².